The Morgan fingerprint density at radius 1 is 0.897 bits per heavy atom. The number of fused-ring (bicyclic) bond motifs is 1. The number of pyridine rings is 1. The monoisotopic (exact) mass is 396 g/mol. The van der Waals surface area contributed by atoms with Crippen LogP contribution in [0.1, 0.15) is 30.7 Å². The van der Waals surface area contributed by atoms with Gasteiger partial charge in [-0.15, -0.1) is 0 Å². The number of aromatic nitrogens is 1. The molecule has 0 spiro atoms. The van der Waals surface area contributed by atoms with Gasteiger partial charge in [-0.2, -0.15) is 0 Å². The van der Waals surface area contributed by atoms with Crippen LogP contribution in [0.2, 0.25) is 0 Å². The van der Waals surface area contributed by atoms with E-state index in [2.05, 4.69) is 11.1 Å². The van der Waals surface area contributed by atoms with Crippen LogP contribution in [-0.4, -0.2) is 32.4 Å². The third kappa shape index (κ3) is 4.38. The standard InChI is InChI=1S/C23H28N2O4/c1-5-28-17-7-8-18-16(14-25-20(13-24)19(18)12-17)9-15-10-21(26-3)23(29-6-2)22(11-15)27-4/h7-8,10-12,14H,5-6,9,13,24H2,1-4H3. The summed E-state index contributed by atoms with van der Waals surface area (Å²) in [4.78, 5) is 4.59. The molecule has 0 fully saturated rings. The Bertz CT molecular complexity index is 963. The summed E-state index contributed by atoms with van der Waals surface area (Å²) in [5, 5.41) is 2.12. The van der Waals surface area contributed by atoms with Crippen molar-refractivity contribution < 1.29 is 18.9 Å². The van der Waals surface area contributed by atoms with Gasteiger partial charge in [0.1, 0.15) is 5.75 Å². The molecule has 2 N–H and O–H groups in total. The molecule has 6 heteroatoms. The second kappa shape index (κ2) is 9.47. The second-order valence-electron chi connectivity index (χ2n) is 6.51. The number of methoxy groups -OCH3 is 2. The highest BCUT2D eigenvalue weighted by atomic mass is 16.5. The summed E-state index contributed by atoms with van der Waals surface area (Å²) in [6.45, 7) is 5.41. The third-order valence-corrected chi connectivity index (χ3v) is 4.73. The van der Waals surface area contributed by atoms with Crippen LogP contribution in [0.25, 0.3) is 10.8 Å². The Labute approximate surface area is 171 Å². The van der Waals surface area contributed by atoms with E-state index >= 15 is 0 Å². The number of ether oxygens (including phenoxy) is 4. The Kier molecular flexibility index (Phi) is 6.77. The summed E-state index contributed by atoms with van der Waals surface area (Å²) in [6, 6.07) is 10.0. The minimum Gasteiger partial charge on any atom is -0.494 e. The zero-order valence-corrected chi connectivity index (χ0v) is 17.5. The second-order valence-corrected chi connectivity index (χ2v) is 6.51. The number of benzene rings is 2. The third-order valence-electron chi connectivity index (χ3n) is 4.73. The van der Waals surface area contributed by atoms with Crippen LogP contribution in [0, 0.1) is 0 Å². The normalized spacial score (nSPS) is 10.8. The first-order valence-electron chi connectivity index (χ1n) is 9.76. The molecule has 0 aliphatic carbocycles. The fraction of sp³-hybridized carbons (Fsp3) is 0.348. The Hall–Kier alpha value is -2.99. The van der Waals surface area contributed by atoms with Gasteiger partial charge in [0.25, 0.3) is 0 Å². The first-order valence-corrected chi connectivity index (χ1v) is 9.76. The maximum absolute atomic E-state index is 5.91. The summed E-state index contributed by atoms with van der Waals surface area (Å²) >= 11 is 0. The van der Waals surface area contributed by atoms with Crippen LogP contribution in [-0.2, 0) is 13.0 Å². The molecule has 0 bridgehead atoms. The van der Waals surface area contributed by atoms with Crippen LogP contribution in [0.4, 0.5) is 0 Å². The molecule has 0 saturated heterocycles. The minimum absolute atomic E-state index is 0.372. The molecular formula is C23H28N2O4. The lowest BCUT2D eigenvalue weighted by Gasteiger charge is -2.16. The lowest BCUT2D eigenvalue weighted by atomic mass is 9.98. The molecule has 29 heavy (non-hydrogen) atoms. The van der Waals surface area contributed by atoms with Crippen LogP contribution in [0.3, 0.4) is 0 Å². The van der Waals surface area contributed by atoms with Gasteiger partial charge < -0.3 is 24.7 Å². The highest BCUT2D eigenvalue weighted by Gasteiger charge is 2.15. The quantitative estimate of drug-likeness (QED) is 0.587. The fourth-order valence-corrected chi connectivity index (χ4v) is 3.44. The van der Waals surface area contributed by atoms with E-state index in [0.717, 1.165) is 33.3 Å². The molecule has 1 aromatic heterocycles. The van der Waals surface area contributed by atoms with Gasteiger partial charge in [0.2, 0.25) is 5.75 Å². The van der Waals surface area contributed by atoms with E-state index in [1.54, 1.807) is 14.2 Å². The van der Waals surface area contributed by atoms with Gasteiger partial charge in [0, 0.05) is 18.1 Å². The van der Waals surface area contributed by atoms with Crippen molar-refractivity contribution in [1.29, 1.82) is 0 Å². The van der Waals surface area contributed by atoms with Crippen molar-refractivity contribution in [1.82, 2.24) is 4.98 Å². The zero-order chi connectivity index (χ0) is 20.8. The number of nitrogens with two attached hydrogens (primary N) is 1. The molecule has 6 nitrogen and oxygen atoms in total. The fourth-order valence-electron chi connectivity index (χ4n) is 3.44. The molecule has 0 atom stereocenters. The van der Waals surface area contributed by atoms with Crippen LogP contribution < -0.4 is 24.7 Å². The van der Waals surface area contributed by atoms with Gasteiger partial charge in [-0.25, -0.2) is 0 Å². The molecule has 0 radical (unpaired) electrons. The van der Waals surface area contributed by atoms with Crippen molar-refractivity contribution in [3.63, 3.8) is 0 Å². The molecule has 1 heterocycles. The van der Waals surface area contributed by atoms with E-state index in [0.29, 0.717) is 43.4 Å². The molecule has 3 rings (SSSR count). The smallest absolute Gasteiger partial charge is 0.203 e. The molecule has 154 valence electrons. The van der Waals surface area contributed by atoms with Gasteiger partial charge in [-0.3, -0.25) is 4.98 Å². The molecule has 0 amide bonds. The van der Waals surface area contributed by atoms with Crippen LogP contribution in [0.5, 0.6) is 23.0 Å². The first kappa shape index (κ1) is 20.7. The Morgan fingerprint density at radius 3 is 2.17 bits per heavy atom. The lowest BCUT2D eigenvalue weighted by Crippen LogP contribution is -2.04. The topological polar surface area (TPSA) is 75.8 Å². The van der Waals surface area contributed by atoms with Crippen molar-refractivity contribution in [3.8, 4) is 23.0 Å². The van der Waals surface area contributed by atoms with Gasteiger partial charge in [0.05, 0.1) is 33.1 Å². The van der Waals surface area contributed by atoms with Crippen molar-refractivity contribution in [2.45, 2.75) is 26.8 Å². The van der Waals surface area contributed by atoms with Crippen molar-refractivity contribution in [2.24, 2.45) is 5.73 Å². The lowest BCUT2D eigenvalue weighted by molar-refractivity contribution is 0.288. The number of nitrogens with zero attached hydrogens (tertiary/aromatic N) is 1. The summed E-state index contributed by atoms with van der Waals surface area (Å²) in [6.07, 6.45) is 2.56. The average molecular weight is 396 g/mol. The SMILES string of the molecule is CCOc1ccc2c(Cc3cc(OC)c(OCC)c(OC)c3)cnc(CN)c2c1. The van der Waals surface area contributed by atoms with Gasteiger partial charge in [-0.05, 0) is 61.0 Å². The Morgan fingerprint density at radius 2 is 1.59 bits per heavy atom. The summed E-state index contributed by atoms with van der Waals surface area (Å²) in [5.41, 5.74) is 8.90. The highest BCUT2D eigenvalue weighted by Crippen LogP contribution is 2.39. The molecule has 0 saturated carbocycles. The van der Waals surface area contributed by atoms with E-state index in [1.807, 2.05) is 44.3 Å². The molecule has 3 aromatic rings. The van der Waals surface area contributed by atoms with Crippen LogP contribution in [0.15, 0.2) is 36.5 Å². The van der Waals surface area contributed by atoms with E-state index in [9.17, 15) is 0 Å². The van der Waals surface area contributed by atoms with Crippen molar-refractivity contribution >= 4 is 10.8 Å². The average Bonchev–Trinajstić information content (AvgIpc) is 2.74. The maximum Gasteiger partial charge on any atom is 0.203 e. The van der Waals surface area contributed by atoms with Gasteiger partial charge in [0.15, 0.2) is 11.5 Å². The van der Waals surface area contributed by atoms with Gasteiger partial charge in [-0.1, -0.05) is 6.07 Å². The molecular weight excluding hydrogens is 368 g/mol. The van der Waals surface area contributed by atoms with Crippen molar-refractivity contribution in [3.05, 3.63) is 53.3 Å². The molecule has 0 aliphatic rings. The predicted molar refractivity (Wildman–Crippen MR) is 114 cm³/mol. The van der Waals surface area contributed by atoms with Crippen molar-refractivity contribution in [2.75, 3.05) is 27.4 Å². The van der Waals surface area contributed by atoms with Gasteiger partial charge >= 0.3 is 0 Å². The summed E-state index contributed by atoms with van der Waals surface area (Å²) in [5.74, 6) is 2.73. The van der Waals surface area contributed by atoms with E-state index in [1.165, 1.54) is 0 Å². The van der Waals surface area contributed by atoms with E-state index < -0.39 is 0 Å². The van der Waals surface area contributed by atoms with E-state index in [-0.39, 0.29) is 0 Å². The number of rotatable bonds is 9. The highest BCUT2D eigenvalue weighted by molar-refractivity contribution is 5.89. The number of hydrogen-bond acceptors (Lipinski definition) is 6. The zero-order valence-electron chi connectivity index (χ0n) is 17.5. The van der Waals surface area contributed by atoms with Crippen LogP contribution >= 0.6 is 0 Å². The van der Waals surface area contributed by atoms with E-state index in [4.69, 9.17) is 24.7 Å². The summed E-state index contributed by atoms with van der Waals surface area (Å²) < 4.78 is 22.4. The summed E-state index contributed by atoms with van der Waals surface area (Å²) in [7, 11) is 3.26. The molecule has 0 unspecified atom stereocenters. The Balaban J connectivity index is 2.06. The molecule has 2 aromatic carbocycles. The number of hydrogen-bond donors (Lipinski definition) is 1. The predicted octanol–water partition coefficient (Wildman–Crippen LogP) is 4.10. The maximum atomic E-state index is 5.91. The molecule has 0 aliphatic heterocycles. The minimum atomic E-state index is 0.372. The first-order chi connectivity index (χ1) is 14.1. The largest absolute Gasteiger partial charge is 0.494 e.